The lowest BCUT2D eigenvalue weighted by Gasteiger charge is -2.23. The van der Waals surface area contributed by atoms with Crippen LogP contribution in [0, 0.1) is 0 Å². The molecule has 1 amide bonds. The largest absolute Gasteiger partial charge is 0.383 e. The molecule has 0 aliphatic heterocycles. The topological polar surface area (TPSA) is 110 Å². The van der Waals surface area contributed by atoms with E-state index in [1.165, 1.54) is 28.2 Å². The Morgan fingerprint density at radius 1 is 1.27 bits per heavy atom. The van der Waals surface area contributed by atoms with Crippen LogP contribution >= 0.6 is 0 Å². The summed E-state index contributed by atoms with van der Waals surface area (Å²) in [6.45, 7) is 6.76. The highest BCUT2D eigenvalue weighted by Gasteiger charge is 2.22. The van der Waals surface area contributed by atoms with E-state index < -0.39 is 17.2 Å². The molecule has 0 spiro atoms. The maximum atomic E-state index is 12.9. The number of ether oxygens (including phenoxy) is 1. The zero-order chi connectivity index (χ0) is 22.3. The normalized spacial score (nSPS) is 11.4. The number of nitrogen functional groups attached to an aromatic ring is 1. The number of aromatic amines is 1. The van der Waals surface area contributed by atoms with E-state index in [2.05, 4.69) is 18.8 Å². The van der Waals surface area contributed by atoms with E-state index in [1.807, 2.05) is 31.2 Å². The van der Waals surface area contributed by atoms with Crippen LogP contribution in [-0.4, -0.2) is 35.7 Å². The van der Waals surface area contributed by atoms with E-state index in [9.17, 15) is 14.4 Å². The van der Waals surface area contributed by atoms with Crippen molar-refractivity contribution in [2.75, 3.05) is 30.9 Å². The SMILES string of the molecule is CCCn1c(N)c(N(CCOC)C(=O)/C=C/c2ccc(C(C)C)cc2)c(=O)[nH]c1=O. The molecule has 162 valence electrons. The van der Waals surface area contributed by atoms with Gasteiger partial charge in [0.2, 0.25) is 0 Å². The van der Waals surface area contributed by atoms with E-state index in [0.29, 0.717) is 18.9 Å². The lowest BCUT2D eigenvalue weighted by Crippen LogP contribution is -2.42. The monoisotopic (exact) mass is 414 g/mol. The Balaban J connectivity index is 2.40. The number of rotatable bonds is 9. The molecule has 0 saturated carbocycles. The molecule has 0 bridgehead atoms. The Hall–Kier alpha value is -3.13. The van der Waals surface area contributed by atoms with E-state index in [0.717, 1.165) is 5.56 Å². The van der Waals surface area contributed by atoms with Crippen LogP contribution in [0.15, 0.2) is 39.9 Å². The molecule has 0 aliphatic rings. The highest BCUT2D eigenvalue weighted by molar-refractivity contribution is 6.05. The van der Waals surface area contributed by atoms with Crippen LogP contribution in [-0.2, 0) is 16.1 Å². The summed E-state index contributed by atoms with van der Waals surface area (Å²) in [5.74, 6) is -0.0497. The lowest BCUT2D eigenvalue weighted by atomic mass is 10.0. The average Bonchev–Trinajstić information content (AvgIpc) is 2.71. The number of nitrogens with zero attached hydrogens (tertiary/aromatic N) is 2. The van der Waals surface area contributed by atoms with Gasteiger partial charge in [0.15, 0.2) is 5.69 Å². The Morgan fingerprint density at radius 2 is 1.93 bits per heavy atom. The predicted molar refractivity (Wildman–Crippen MR) is 120 cm³/mol. The van der Waals surface area contributed by atoms with Crippen molar-refractivity contribution in [2.24, 2.45) is 0 Å². The predicted octanol–water partition coefficient (Wildman–Crippen LogP) is 2.34. The second-order valence-electron chi connectivity index (χ2n) is 7.28. The number of nitrogens with one attached hydrogen (secondary N) is 1. The summed E-state index contributed by atoms with van der Waals surface area (Å²) in [5.41, 5.74) is 6.83. The van der Waals surface area contributed by atoms with Gasteiger partial charge in [0.05, 0.1) is 6.61 Å². The molecule has 0 radical (unpaired) electrons. The number of aromatic nitrogens is 2. The van der Waals surface area contributed by atoms with Crippen molar-refractivity contribution < 1.29 is 9.53 Å². The first-order valence-electron chi connectivity index (χ1n) is 10.0. The molecule has 0 saturated heterocycles. The molecule has 3 N–H and O–H groups in total. The van der Waals surface area contributed by atoms with E-state index >= 15 is 0 Å². The smallest absolute Gasteiger partial charge is 0.330 e. The Morgan fingerprint density at radius 3 is 2.50 bits per heavy atom. The first-order valence-corrected chi connectivity index (χ1v) is 10.0. The third-order valence-corrected chi connectivity index (χ3v) is 4.74. The molecule has 30 heavy (non-hydrogen) atoms. The van der Waals surface area contributed by atoms with E-state index in [4.69, 9.17) is 10.5 Å². The van der Waals surface area contributed by atoms with Gasteiger partial charge in [-0.2, -0.15) is 0 Å². The Kier molecular flexibility index (Phi) is 8.17. The second kappa shape index (κ2) is 10.6. The Bertz CT molecular complexity index is 1000. The fourth-order valence-electron chi connectivity index (χ4n) is 3.05. The van der Waals surface area contributed by atoms with Gasteiger partial charge in [0.25, 0.3) is 11.5 Å². The maximum Gasteiger partial charge on any atom is 0.330 e. The van der Waals surface area contributed by atoms with Gasteiger partial charge in [-0.05, 0) is 29.5 Å². The quantitative estimate of drug-likeness (QED) is 0.612. The minimum atomic E-state index is -0.705. The highest BCUT2D eigenvalue weighted by atomic mass is 16.5. The minimum absolute atomic E-state index is 0.0373. The maximum absolute atomic E-state index is 12.9. The van der Waals surface area contributed by atoms with Gasteiger partial charge in [-0.25, -0.2) is 4.79 Å². The van der Waals surface area contributed by atoms with Gasteiger partial charge in [0, 0.05) is 26.3 Å². The molecule has 1 heterocycles. The zero-order valence-electron chi connectivity index (χ0n) is 18.0. The fourth-order valence-corrected chi connectivity index (χ4v) is 3.05. The summed E-state index contributed by atoms with van der Waals surface area (Å²) in [6, 6.07) is 7.89. The second-order valence-corrected chi connectivity index (χ2v) is 7.28. The summed E-state index contributed by atoms with van der Waals surface area (Å²) in [5, 5.41) is 0. The number of benzene rings is 1. The van der Waals surface area contributed by atoms with Gasteiger partial charge >= 0.3 is 5.69 Å². The molecule has 8 heteroatoms. The van der Waals surface area contributed by atoms with Crippen LogP contribution in [0.1, 0.15) is 44.2 Å². The number of carbonyl (C=O) groups is 1. The molecule has 0 aliphatic carbocycles. The van der Waals surface area contributed by atoms with Crippen LogP contribution in [0.25, 0.3) is 6.08 Å². The van der Waals surface area contributed by atoms with Crippen molar-refractivity contribution in [3.05, 3.63) is 62.3 Å². The number of anilines is 2. The van der Waals surface area contributed by atoms with Gasteiger partial charge in [0.1, 0.15) is 5.82 Å². The van der Waals surface area contributed by atoms with Crippen molar-refractivity contribution >= 4 is 23.5 Å². The summed E-state index contributed by atoms with van der Waals surface area (Å²) in [7, 11) is 1.50. The molecule has 2 rings (SSSR count). The third kappa shape index (κ3) is 5.48. The summed E-state index contributed by atoms with van der Waals surface area (Å²) in [6.07, 6.45) is 3.71. The minimum Gasteiger partial charge on any atom is -0.383 e. The number of amides is 1. The summed E-state index contributed by atoms with van der Waals surface area (Å²) < 4.78 is 6.35. The first-order chi connectivity index (χ1) is 14.3. The summed E-state index contributed by atoms with van der Waals surface area (Å²) >= 11 is 0. The van der Waals surface area contributed by atoms with Gasteiger partial charge < -0.3 is 10.5 Å². The van der Waals surface area contributed by atoms with Gasteiger partial charge in [-0.1, -0.05) is 45.0 Å². The van der Waals surface area contributed by atoms with Gasteiger partial charge in [-0.15, -0.1) is 0 Å². The molecular formula is C22H30N4O4. The molecule has 2 aromatic rings. The van der Waals surface area contributed by atoms with Crippen molar-refractivity contribution in [1.29, 1.82) is 0 Å². The van der Waals surface area contributed by atoms with Crippen LogP contribution in [0.2, 0.25) is 0 Å². The molecule has 1 aromatic carbocycles. The van der Waals surface area contributed by atoms with E-state index in [1.54, 1.807) is 6.08 Å². The average molecular weight is 415 g/mol. The molecule has 0 unspecified atom stereocenters. The zero-order valence-corrected chi connectivity index (χ0v) is 18.0. The standard InChI is InChI=1S/C22H30N4O4/c1-5-12-26-20(23)19(21(28)24-22(26)29)25(13-14-30-4)18(27)11-8-16-6-9-17(10-7-16)15(2)3/h6-11,15H,5,12-14,23H2,1-4H3,(H,24,28,29)/b11-8+. The molecule has 0 atom stereocenters. The van der Waals surface area contributed by atoms with Crippen molar-refractivity contribution in [2.45, 2.75) is 39.7 Å². The lowest BCUT2D eigenvalue weighted by molar-refractivity contribution is -0.114. The first kappa shape index (κ1) is 23.2. The molecule has 8 nitrogen and oxygen atoms in total. The number of nitrogens with two attached hydrogens (primary N) is 1. The number of methoxy groups -OCH3 is 1. The van der Waals surface area contributed by atoms with Crippen molar-refractivity contribution in [3.63, 3.8) is 0 Å². The van der Waals surface area contributed by atoms with Crippen LogP contribution in [0.4, 0.5) is 11.5 Å². The Labute approximate surface area is 176 Å². The van der Waals surface area contributed by atoms with Crippen LogP contribution in [0.5, 0.6) is 0 Å². The highest BCUT2D eigenvalue weighted by Crippen LogP contribution is 2.18. The number of hydrogen-bond donors (Lipinski definition) is 2. The third-order valence-electron chi connectivity index (χ3n) is 4.74. The fraction of sp³-hybridized carbons (Fsp3) is 0.409. The molecule has 1 aromatic heterocycles. The number of H-pyrrole nitrogens is 1. The molecule has 0 fully saturated rings. The van der Waals surface area contributed by atoms with Crippen molar-refractivity contribution in [3.8, 4) is 0 Å². The van der Waals surface area contributed by atoms with Crippen molar-refractivity contribution in [1.82, 2.24) is 9.55 Å². The molecular weight excluding hydrogens is 384 g/mol. The van der Waals surface area contributed by atoms with Gasteiger partial charge in [-0.3, -0.25) is 24.0 Å². The number of hydrogen-bond acceptors (Lipinski definition) is 5. The summed E-state index contributed by atoms with van der Waals surface area (Å²) in [4.78, 5) is 41.0. The number of carbonyl (C=O) groups excluding carboxylic acids is 1. The van der Waals surface area contributed by atoms with Crippen LogP contribution in [0.3, 0.4) is 0 Å². The van der Waals surface area contributed by atoms with Crippen LogP contribution < -0.4 is 21.9 Å². The van der Waals surface area contributed by atoms with E-state index in [-0.39, 0.29) is 24.7 Å².